The summed E-state index contributed by atoms with van der Waals surface area (Å²) in [5, 5.41) is 14.8. The van der Waals surface area contributed by atoms with Crippen LogP contribution in [0.2, 0.25) is 0 Å². The molecule has 1 aromatic carbocycles. The Bertz CT molecular complexity index is 685. The lowest BCUT2D eigenvalue weighted by atomic mass is 10.1. The van der Waals surface area contributed by atoms with Crippen molar-refractivity contribution in [1.82, 2.24) is 0 Å². The average molecular weight is 299 g/mol. The van der Waals surface area contributed by atoms with Gasteiger partial charge in [-0.15, -0.1) is 0 Å². The third-order valence-corrected chi connectivity index (χ3v) is 4.49. The number of sulfonamides is 1. The molecule has 1 heterocycles. The fourth-order valence-corrected chi connectivity index (χ4v) is 2.89. The number of nitro benzene ring substituents is 1. The van der Waals surface area contributed by atoms with E-state index in [-0.39, 0.29) is 24.6 Å². The summed E-state index contributed by atoms with van der Waals surface area (Å²) in [7, 11) is -3.78. The molecule has 0 spiro atoms. The van der Waals surface area contributed by atoms with E-state index in [2.05, 4.69) is 0 Å². The second-order valence-corrected chi connectivity index (χ2v) is 6.49. The lowest BCUT2D eigenvalue weighted by Gasteiger charge is -2.16. The number of aryl methyl sites for hydroxylation is 1. The van der Waals surface area contributed by atoms with Crippen LogP contribution < -0.4 is 10.0 Å². The summed E-state index contributed by atoms with van der Waals surface area (Å²) in [4.78, 5) is 23.3. The first kappa shape index (κ1) is 14.4. The minimum Gasteiger partial charge on any atom is -0.311 e. The van der Waals surface area contributed by atoms with E-state index in [4.69, 9.17) is 5.14 Å². The van der Waals surface area contributed by atoms with Gasteiger partial charge in [0, 0.05) is 30.3 Å². The van der Waals surface area contributed by atoms with Gasteiger partial charge in [0.15, 0.2) is 0 Å². The molecule has 1 atom stereocenters. The molecule has 9 heteroatoms. The van der Waals surface area contributed by atoms with Crippen LogP contribution in [0.4, 0.5) is 11.4 Å². The lowest BCUT2D eigenvalue weighted by Crippen LogP contribution is -2.32. The second kappa shape index (κ2) is 4.84. The van der Waals surface area contributed by atoms with Crippen molar-refractivity contribution in [3.05, 3.63) is 33.9 Å². The quantitative estimate of drug-likeness (QED) is 0.635. The number of amides is 1. The topological polar surface area (TPSA) is 124 Å². The predicted molar refractivity (Wildman–Crippen MR) is 71.7 cm³/mol. The molecule has 2 rings (SSSR count). The Kier molecular flexibility index (Phi) is 3.48. The Morgan fingerprint density at radius 1 is 1.45 bits per heavy atom. The summed E-state index contributed by atoms with van der Waals surface area (Å²) in [5.74, 6) is -0.364. The van der Waals surface area contributed by atoms with Gasteiger partial charge >= 0.3 is 0 Å². The number of rotatable bonds is 3. The summed E-state index contributed by atoms with van der Waals surface area (Å²) in [6.45, 7) is 1.52. The number of nitrogens with zero attached hydrogens (tertiary/aromatic N) is 2. The molecule has 0 saturated carbocycles. The number of nitrogens with two attached hydrogens (primary N) is 1. The van der Waals surface area contributed by atoms with E-state index in [1.165, 1.54) is 23.1 Å². The maximum atomic E-state index is 11.8. The number of nitro groups is 1. The minimum absolute atomic E-state index is 0.0328. The van der Waals surface area contributed by atoms with Crippen molar-refractivity contribution < 1.29 is 18.1 Å². The molecular weight excluding hydrogens is 286 g/mol. The number of primary sulfonamides is 1. The van der Waals surface area contributed by atoms with Gasteiger partial charge in [-0.25, -0.2) is 13.6 Å². The average Bonchev–Trinajstić information content (AvgIpc) is 2.70. The van der Waals surface area contributed by atoms with Crippen molar-refractivity contribution >= 4 is 27.3 Å². The molecule has 1 aliphatic rings. The van der Waals surface area contributed by atoms with Crippen LogP contribution in [0.5, 0.6) is 0 Å². The number of hydrogen-bond donors (Lipinski definition) is 1. The number of anilines is 1. The van der Waals surface area contributed by atoms with E-state index in [1.807, 2.05) is 0 Å². The van der Waals surface area contributed by atoms with Crippen molar-refractivity contribution in [2.24, 2.45) is 5.14 Å². The van der Waals surface area contributed by atoms with Gasteiger partial charge in [-0.1, -0.05) is 0 Å². The van der Waals surface area contributed by atoms with Crippen LogP contribution in [0.1, 0.15) is 12.0 Å². The van der Waals surface area contributed by atoms with E-state index in [1.54, 1.807) is 6.92 Å². The molecule has 108 valence electrons. The molecule has 0 radical (unpaired) electrons. The molecule has 1 saturated heterocycles. The number of benzene rings is 1. The highest BCUT2D eigenvalue weighted by molar-refractivity contribution is 7.89. The molecule has 1 aliphatic heterocycles. The highest BCUT2D eigenvalue weighted by atomic mass is 32.2. The molecule has 20 heavy (non-hydrogen) atoms. The van der Waals surface area contributed by atoms with Crippen LogP contribution in [0.15, 0.2) is 18.2 Å². The molecule has 0 aliphatic carbocycles. The zero-order chi connectivity index (χ0) is 15.1. The first-order valence-electron chi connectivity index (χ1n) is 5.77. The van der Waals surface area contributed by atoms with Crippen molar-refractivity contribution in [2.45, 2.75) is 18.6 Å². The van der Waals surface area contributed by atoms with Gasteiger partial charge in [0.05, 0.1) is 4.92 Å². The number of carbonyl (C=O) groups is 1. The van der Waals surface area contributed by atoms with Crippen LogP contribution in [-0.2, 0) is 14.8 Å². The normalized spacial score (nSPS) is 19.4. The van der Waals surface area contributed by atoms with Crippen LogP contribution in [0.25, 0.3) is 0 Å². The summed E-state index contributed by atoms with van der Waals surface area (Å²) < 4.78 is 22.6. The van der Waals surface area contributed by atoms with E-state index in [0.29, 0.717) is 11.3 Å². The third kappa shape index (κ3) is 2.63. The number of carbonyl (C=O) groups excluding carboxylic acids is 1. The van der Waals surface area contributed by atoms with E-state index >= 15 is 0 Å². The van der Waals surface area contributed by atoms with Crippen molar-refractivity contribution in [1.29, 1.82) is 0 Å². The van der Waals surface area contributed by atoms with Crippen molar-refractivity contribution in [3.63, 3.8) is 0 Å². The third-order valence-electron chi connectivity index (χ3n) is 3.24. The Morgan fingerprint density at radius 2 is 2.10 bits per heavy atom. The first-order valence-corrected chi connectivity index (χ1v) is 7.38. The van der Waals surface area contributed by atoms with Gasteiger partial charge in [0.1, 0.15) is 5.25 Å². The van der Waals surface area contributed by atoms with Gasteiger partial charge in [0.2, 0.25) is 15.9 Å². The Balaban J connectivity index is 2.31. The molecule has 1 aromatic rings. The molecular formula is C11H13N3O5S. The molecule has 2 N–H and O–H groups in total. The highest BCUT2D eigenvalue weighted by Gasteiger charge is 2.37. The molecule has 0 bridgehead atoms. The van der Waals surface area contributed by atoms with Crippen LogP contribution in [0, 0.1) is 17.0 Å². The summed E-state index contributed by atoms with van der Waals surface area (Å²) in [5.41, 5.74) is 0.784. The monoisotopic (exact) mass is 299 g/mol. The van der Waals surface area contributed by atoms with E-state index < -0.39 is 20.2 Å². The predicted octanol–water partition coefficient (Wildman–Crippen LogP) is 0.297. The maximum absolute atomic E-state index is 11.8. The summed E-state index contributed by atoms with van der Waals surface area (Å²) in [6.07, 6.45) is -0.172. The molecule has 1 fully saturated rings. The van der Waals surface area contributed by atoms with E-state index in [0.717, 1.165) is 0 Å². The van der Waals surface area contributed by atoms with Crippen LogP contribution in [0.3, 0.4) is 0 Å². The van der Waals surface area contributed by atoms with Gasteiger partial charge in [-0.3, -0.25) is 14.9 Å². The largest absolute Gasteiger partial charge is 0.311 e. The smallest absolute Gasteiger partial charge is 0.272 e. The minimum atomic E-state index is -3.78. The first-order chi connectivity index (χ1) is 9.20. The van der Waals surface area contributed by atoms with Gasteiger partial charge in [-0.05, 0) is 19.1 Å². The lowest BCUT2D eigenvalue weighted by molar-refractivity contribution is -0.385. The standard InChI is InChI=1S/C11H13N3O5S/c1-7-4-8(2-3-10(7)14(16)17)13-6-9(5-11(13)15)20(12,18)19/h2-4,9H,5-6H2,1H3,(H2,12,18,19). The van der Waals surface area contributed by atoms with Crippen molar-refractivity contribution in [2.75, 3.05) is 11.4 Å². The highest BCUT2D eigenvalue weighted by Crippen LogP contribution is 2.28. The van der Waals surface area contributed by atoms with Gasteiger partial charge in [-0.2, -0.15) is 0 Å². The molecule has 0 aromatic heterocycles. The molecule has 8 nitrogen and oxygen atoms in total. The SMILES string of the molecule is Cc1cc(N2CC(S(N)(=O)=O)CC2=O)ccc1[N+](=O)[O-]. The van der Waals surface area contributed by atoms with Gasteiger partial charge < -0.3 is 4.90 Å². The fraction of sp³-hybridized carbons (Fsp3) is 0.364. The molecule has 1 amide bonds. The summed E-state index contributed by atoms with van der Waals surface area (Å²) >= 11 is 0. The van der Waals surface area contributed by atoms with E-state index in [9.17, 15) is 23.3 Å². The van der Waals surface area contributed by atoms with Crippen LogP contribution >= 0.6 is 0 Å². The Morgan fingerprint density at radius 3 is 2.55 bits per heavy atom. The summed E-state index contributed by atoms with van der Waals surface area (Å²) in [6, 6.07) is 4.21. The Labute approximate surface area is 115 Å². The fourth-order valence-electron chi connectivity index (χ4n) is 2.16. The zero-order valence-corrected chi connectivity index (χ0v) is 11.5. The van der Waals surface area contributed by atoms with Crippen molar-refractivity contribution in [3.8, 4) is 0 Å². The maximum Gasteiger partial charge on any atom is 0.272 e. The Hall–Kier alpha value is -2.00. The second-order valence-electron chi connectivity index (χ2n) is 4.65. The van der Waals surface area contributed by atoms with Crippen LogP contribution in [-0.4, -0.2) is 31.0 Å². The van der Waals surface area contributed by atoms with Gasteiger partial charge in [0.25, 0.3) is 5.69 Å². The zero-order valence-electron chi connectivity index (χ0n) is 10.6. The molecule has 1 unspecified atom stereocenters. The number of hydrogen-bond acceptors (Lipinski definition) is 5.